The van der Waals surface area contributed by atoms with Crippen molar-refractivity contribution in [1.29, 1.82) is 0 Å². The van der Waals surface area contributed by atoms with Gasteiger partial charge in [-0.15, -0.1) is 0 Å². The van der Waals surface area contributed by atoms with Gasteiger partial charge in [0, 0.05) is 24.8 Å². The molecular weight excluding hydrogens is 461 g/mol. The fraction of sp³-hybridized carbons (Fsp3) is 0.760. The number of fused-ring (bicyclic) bond motifs is 1. The van der Waals surface area contributed by atoms with Crippen molar-refractivity contribution >= 4 is 17.8 Å². The number of rotatable bonds is 5. The number of alkyl halides is 3. The summed E-state index contributed by atoms with van der Waals surface area (Å²) in [6.07, 6.45) is 4.50. The molecule has 4 bridgehead atoms. The first-order valence-corrected chi connectivity index (χ1v) is 12.8. The summed E-state index contributed by atoms with van der Waals surface area (Å²) in [6, 6.07) is 0. The van der Waals surface area contributed by atoms with E-state index in [-0.39, 0.29) is 43.1 Å². The minimum absolute atomic E-state index is 0.0466. The first-order chi connectivity index (χ1) is 16.7. The first kappa shape index (κ1) is 24.3. The lowest BCUT2D eigenvalue weighted by Crippen LogP contribution is -2.46. The SMILES string of the molecule is CCOC(=O)C1CCN(C(=O)c2cnc(NC34CCC5CC(CC(C5)C3)C4)nc2C(F)(F)F)CC1. The molecule has 4 aliphatic carbocycles. The summed E-state index contributed by atoms with van der Waals surface area (Å²) < 4.78 is 47.1. The first-order valence-electron chi connectivity index (χ1n) is 12.8. The molecule has 0 spiro atoms. The van der Waals surface area contributed by atoms with Crippen LogP contribution in [-0.4, -0.2) is 52.0 Å². The highest BCUT2D eigenvalue weighted by atomic mass is 19.4. The van der Waals surface area contributed by atoms with Crippen LogP contribution in [0.25, 0.3) is 0 Å². The van der Waals surface area contributed by atoms with Gasteiger partial charge >= 0.3 is 12.1 Å². The van der Waals surface area contributed by atoms with Gasteiger partial charge in [-0.25, -0.2) is 9.97 Å². The van der Waals surface area contributed by atoms with E-state index in [1.807, 2.05) is 0 Å². The Kier molecular flexibility index (Phi) is 6.42. The topological polar surface area (TPSA) is 84.4 Å². The van der Waals surface area contributed by atoms with Gasteiger partial charge in [0.1, 0.15) is 0 Å². The maximum atomic E-state index is 14.0. The van der Waals surface area contributed by atoms with E-state index in [0.29, 0.717) is 24.7 Å². The van der Waals surface area contributed by atoms with Crippen LogP contribution in [0, 0.1) is 23.7 Å². The van der Waals surface area contributed by atoms with E-state index in [1.54, 1.807) is 6.92 Å². The Bertz CT molecular complexity index is 963. The van der Waals surface area contributed by atoms with E-state index in [1.165, 1.54) is 24.2 Å². The highest BCUT2D eigenvalue weighted by Crippen LogP contribution is 2.53. The molecule has 1 aliphatic heterocycles. The number of ether oxygens (including phenoxy) is 1. The number of esters is 1. The average molecular weight is 495 g/mol. The fourth-order valence-corrected chi connectivity index (χ4v) is 7.11. The number of halogens is 3. The molecule has 4 saturated carbocycles. The minimum Gasteiger partial charge on any atom is -0.466 e. The molecule has 1 amide bonds. The van der Waals surface area contributed by atoms with Gasteiger partial charge in [0.25, 0.3) is 5.91 Å². The number of nitrogens with zero attached hydrogens (tertiary/aromatic N) is 3. The summed E-state index contributed by atoms with van der Waals surface area (Å²) >= 11 is 0. The monoisotopic (exact) mass is 494 g/mol. The molecule has 6 rings (SSSR count). The standard InChI is InChI=1S/C25H33F3N4O3/c1-2-35-22(34)18-4-7-32(8-5-18)21(33)19-14-29-23(30-20(19)25(26,27)28)31-24-6-3-15-9-16(12-24)11-17(10-15)13-24/h14-18H,2-13H2,1H3,(H,29,30,31). The van der Waals surface area contributed by atoms with Crippen molar-refractivity contribution in [1.82, 2.24) is 14.9 Å². The van der Waals surface area contributed by atoms with Crippen molar-refractivity contribution in [3.8, 4) is 0 Å². The summed E-state index contributed by atoms with van der Waals surface area (Å²) in [5.41, 5.74) is -2.00. The van der Waals surface area contributed by atoms with Crippen molar-refractivity contribution in [2.24, 2.45) is 23.7 Å². The van der Waals surface area contributed by atoms with Crippen LogP contribution >= 0.6 is 0 Å². The zero-order valence-electron chi connectivity index (χ0n) is 20.1. The molecule has 2 heterocycles. The predicted molar refractivity (Wildman–Crippen MR) is 121 cm³/mol. The number of carbonyl (C=O) groups is 2. The molecule has 1 aromatic rings. The zero-order valence-corrected chi connectivity index (χ0v) is 20.1. The molecule has 7 nitrogen and oxygen atoms in total. The summed E-state index contributed by atoms with van der Waals surface area (Å²) in [5, 5.41) is 3.31. The van der Waals surface area contributed by atoms with Gasteiger partial charge in [0.2, 0.25) is 5.95 Å². The van der Waals surface area contributed by atoms with E-state index < -0.39 is 23.3 Å². The average Bonchev–Trinajstić information content (AvgIpc) is 3.01. The number of hydrogen-bond acceptors (Lipinski definition) is 6. The van der Waals surface area contributed by atoms with Gasteiger partial charge in [0.15, 0.2) is 5.69 Å². The fourth-order valence-electron chi connectivity index (χ4n) is 7.11. The van der Waals surface area contributed by atoms with Gasteiger partial charge in [-0.2, -0.15) is 13.2 Å². The number of piperidine rings is 1. The van der Waals surface area contributed by atoms with Crippen LogP contribution in [0.5, 0.6) is 0 Å². The number of hydrogen-bond donors (Lipinski definition) is 1. The Morgan fingerprint density at radius 1 is 1.11 bits per heavy atom. The van der Waals surface area contributed by atoms with Crippen molar-refractivity contribution in [3.63, 3.8) is 0 Å². The van der Waals surface area contributed by atoms with Gasteiger partial charge in [-0.3, -0.25) is 9.59 Å². The molecule has 1 saturated heterocycles. The molecule has 35 heavy (non-hydrogen) atoms. The summed E-state index contributed by atoms with van der Waals surface area (Å²) in [6.45, 7) is 2.37. The van der Waals surface area contributed by atoms with Crippen LogP contribution in [-0.2, 0) is 15.7 Å². The molecule has 5 fully saturated rings. The second kappa shape index (κ2) is 9.24. The van der Waals surface area contributed by atoms with Crippen LogP contribution in [0.4, 0.5) is 19.1 Å². The molecule has 2 unspecified atom stereocenters. The van der Waals surface area contributed by atoms with E-state index in [9.17, 15) is 22.8 Å². The Morgan fingerprint density at radius 3 is 2.40 bits per heavy atom. The summed E-state index contributed by atoms with van der Waals surface area (Å²) in [5.74, 6) is 0.491. The second-order valence-electron chi connectivity index (χ2n) is 10.9. The Hall–Kier alpha value is -2.39. The van der Waals surface area contributed by atoms with Crippen LogP contribution < -0.4 is 5.32 Å². The Balaban J connectivity index is 1.34. The second-order valence-corrected chi connectivity index (χ2v) is 10.9. The van der Waals surface area contributed by atoms with Gasteiger partial charge < -0.3 is 15.0 Å². The maximum absolute atomic E-state index is 14.0. The molecule has 5 aliphatic rings. The quantitative estimate of drug-likeness (QED) is 0.599. The number of amides is 1. The van der Waals surface area contributed by atoms with E-state index in [2.05, 4.69) is 15.3 Å². The molecule has 1 N–H and O–H groups in total. The lowest BCUT2D eigenvalue weighted by molar-refractivity contribution is -0.149. The van der Waals surface area contributed by atoms with Crippen LogP contribution in [0.2, 0.25) is 0 Å². The predicted octanol–water partition coefficient (Wildman–Crippen LogP) is 4.68. The maximum Gasteiger partial charge on any atom is 0.434 e. The van der Waals surface area contributed by atoms with E-state index >= 15 is 0 Å². The van der Waals surface area contributed by atoms with Gasteiger partial charge in [-0.05, 0) is 82.5 Å². The van der Waals surface area contributed by atoms with Crippen LogP contribution in [0.1, 0.15) is 80.8 Å². The molecule has 2 atom stereocenters. The van der Waals surface area contributed by atoms with Gasteiger partial charge in [-0.1, -0.05) is 0 Å². The largest absolute Gasteiger partial charge is 0.466 e. The van der Waals surface area contributed by atoms with Crippen molar-refractivity contribution in [2.75, 3.05) is 25.0 Å². The highest BCUT2D eigenvalue weighted by Gasteiger charge is 2.48. The number of carbonyl (C=O) groups excluding carboxylic acids is 2. The van der Waals surface area contributed by atoms with Crippen LogP contribution in [0.3, 0.4) is 0 Å². The summed E-state index contributed by atoms with van der Waals surface area (Å²) in [4.78, 5) is 34.4. The Morgan fingerprint density at radius 2 is 1.77 bits per heavy atom. The van der Waals surface area contributed by atoms with E-state index in [0.717, 1.165) is 37.8 Å². The van der Waals surface area contributed by atoms with Crippen molar-refractivity contribution in [3.05, 3.63) is 17.5 Å². The van der Waals surface area contributed by atoms with Crippen molar-refractivity contribution < 1.29 is 27.5 Å². The number of nitrogens with one attached hydrogen (secondary N) is 1. The number of aromatic nitrogens is 2. The number of anilines is 1. The Labute approximate surface area is 203 Å². The molecular formula is C25H33F3N4O3. The zero-order chi connectivity index (χ0) is 24.8. The lowest BCUT2D eigenvalue weighted by Gasteiger charge is -2.45. The third kappa shape index (κ3) is 4.98. The molecule has 1 aromatic heterocycles. The van der Waals surface area contributed by atoms with E-state index in [4.69, 9.17) is 4.74 Å². The number of likely N-dealkylation sites (tertiary alicyclic amines) is 1. The van der Waals surface area contributed by atoms with Gasteiger partial charge in [0.05, 0.1) is 18.1 Å². The van der Waals surface area contributed by atoms with Crippen molar-refractivity contribution in [2.45, 2.75) is 76.4 Å². The molecule has 10 heteroatoms. The third-order valence-corrected chi connectivity index (χ3v) is 8.46. The highest BCUT2D eigenvalue weighted by molar-refractivity contribution is 5.95. The molecule has 0 aromatic carbocycles. The molecule has 192 valence electrons. The normalized spacial score (nSPS) is 30.7. The minimum atomic E-state index is -4.79. The third-order valence-electron chi connectivity index (χ3n) is 8.46. The van der Waals surface area contributed by atoms with Crippen LogP contribution in [0.15, 0.2) is 6.20 Å². The lowest BCUT2D eigenvalue weighted by atomic mass is 9.65. The molecule has 0 radical (unpaired) electrons. The summed E-state index contributed by atoms with van der Waals surface area (Å²) in [7, 11) is 0. The smallest absolute Gasteiger partial charge is 0.434 e.